The Bertz CT molecular complexity index is 487. The van der Waals surface area contributed by atoms with Crippen molar-refractivity contribution in [3.63, 3.8) is 0 Å². The first-order valence-electron chi connectivity index (χ1n) is 5.85. The van der Waals surface area contributed by atoms with Gasteiger partial charge in [0, 0.05) is 20.1 Å². The molecule has 0 aliphatic rings. The molecular weight excluding hydrogens is 376 g/mol. The minimum Gasteiger partial charge on any atom is -0.496 e. The standard InChI is InChI=1S/C14H18Br2O3/c1-7-10(15)9(13(17)19-14(3,4)5)11(16)8(2)12(7)18-6/h1-6H3. The maximum absolute atomic E-state index is 12.3. The first kappa shape index (κ1) is 16.5. The van der Waals surface area contributed by atoms with Crippen LogP contribution in [0.15, 0.2) is 8.95 Å². The Balaban J connectivity index is 3.42. The zero-order valence-corrected chi connectivity index (χ0v) is 15.2. The van der Waals surface area contributed by atoms with E-state index in [1.54, 1.807) is 7.11 Å². The average molecular weight is 394 g/mol. The second-order valence-corrected chi connectivity index (χ2v) is 6.87. The second-order valence-electron chi connectivity index (χ2n) is 5.29. The van der Waals surface area contributed by atoms with Gasteiger partial charge in [0.15, 0.2) is 0 Å². The Labute approximate surface area is 130 Å². The zero-order chi connectivity index (χ0) is 15.0. The largest absolute Gasteiger partial charge is 0.496 e. The number of ether oxygens (including phenoxy) is 2. The van der Waals surface area contributed by atoms with Crippen LogP contribution in [0.4, 0.5) is 0 Å². The van der Waals surface area contributed by atoms with E-state index in [1.807, 2.05) is 34.6 Å². The van der Waals surface area contributed by atoms with Crippen LogP contribution in [0.2, 0.25) is 0 Å². The summed E-state index contributed by atoms with van der Waals surface area (Å²) in [6.07, 6.45) is 0. The van der Waals surface area contributed by atoms with Crippen molar-refractivity contribution in [2.45, 2.75) is 40.2 Å². The molecule has 19 heavy (non-hydrogen) atoms. The summed E-state index contributed by atoms with van der Waals surface area (Å²) in [5, 5.41) is 0. The summed E-state index contributed by atoms with van der Waals surface area (Å²) in [7, 11) is 1.61. The Morgan fingerprint density at radius 1 is 1.05 bits per heavy atom. The van der Waals surface area contributed by atoms with Gasteiger partial charge in [-0.3, -0.25) is 0 Å². The quantitative estimate of drug-likeness (QED) is 0.677. The lowest BCUT2D eigenvalue weighted by atomic mass is 10.1. The molecule has 0 saturated heterocycles. The molecule has 0 heterocycles. The number of halogens is 2. The monoisotopic (exact) mass is 392 g/mol. The highest BCUT2D eigenvalue weighted by molar-refractivity contribution is 9.11. The summed E-state index contributed by atoms with van der Waals surface area (Å²) in [4.78, 5) is 12.3. The molecule has 106 valence electrons. The van der Waals surface area contributed by atoms with E-state index in [1.165, 1.54) is 0 Å². The van der Waals surface area contributed by atoms with Gasteiger partial charge >= 0.3 is 5.97 Å². The summed E-state index contributed by atoms with van der Waals surface area (Å²) in [5.41, 5.74) is 1.72. The molecular formula is C14H18Br2O3. The molecule has 0 bridgehead atoms. The van der Waals surface area contributed by atoms with Crippen molar-refractivity contribution in [2.24, 2.45) is 0 Å². The van der Waals surface area contributed by atoms with E-state index in [2.05, 4.69) is 31.9 Å². The van der Waals surface area contributed by atoms with E-state index >= 15 is 0 Å². The number of hydrogen-bond donors (Lipinski definition) is 0. The van der Waals surface area contributed by atoms with E-state index < -0.39 is 5.60 Å². The lowest BCUT2D eigenvalue weighted by Gasteiger charge is -2.22. The summed E-state index contributed by atoms with van der Waals surface area (Å²) >= 11 is 6.91. The molecule has 3 nitrogen and oxygen atoms in total. The van der Waals surface area contributed by atoms with Crippen molar-refractivity contribution < 1.29 is 14.3 Å². The lowest BCUT2D eigenvalue weighted by Crippen LogP contribution is -2.24. The third-order valence-corrected chi connectivity index (χ3v) is 4.57. The summed E-state index contributed by atoms with van der Waals surface area (Å²) in [6.45, 7) is 9.33. The Hall–Kier alpha value is -0.550. The van der Waals surface area contributed by atoms with Crippen LogP contribution in [0, 0.1) is 13.8 Å². The highest BCUT2D eigenvalue weighted by Gasteiger charge is 2.26. The number of hydrogen-bond acceptors (Lipinski definition) is 3. The summed E-state index contributed by atoms with van der Waals surface area (Å²) < 4.78 is 12.2. The van der Waals surface area contributed by atoms with Crippen LogP contribution in [-0.4, -0.2) is 18.7 Å². The summed E-state index contributed by atoms with van der Waals surface area (Å²) in [6, 6.07) is 0. The number of esters is 1. The van der Waals surface area contributed by atoms with E-state index in [9.17, 15) is 4.79 Å². The molecule has 0 atom stereocenters. The average Bonchev–Trinajstić information content (AvgIpc) is 2.25. The summed E-state index contributed by atoms with van der Waals surface area (Å²) in [5.74, 6) is 0.395. The molecule has 0 unspecified atom stereocenters. The number of rotatable bonds is 2. The third kappa shape index (κ3) is 3.51. The fourth-order valence-corrected chi connectivity index (χ4v) is 3.11. The Morgan fingerprint density at radius 2 is 1.47 bits per heavy atom. The van der Waals surface area contributed by atoms with E-state index in [4.69, 9.17) is 9.47 Å². The van der Waals surface area contributed by atoms with Crippen molar-refractivity contribution in [1.82, 2.24) is 0 Å². The van der Waals surface area contributed by atoms with Gasteiger partial charge in [-0.15, -0.1) is 0 Å². The van der Waals surface area contributed by atoms with Gasteiger partial charge in [0.2, 0.25) is 0 Å². The van der Waals surface area contributed by atoms with Gasteiger partial charge in [0.05, 0.1) is 12.7 Å². The van der Waals surface area contributed by atoms with Gasteiger partial charge in [0.25, 0.3) is 0 Å². The number of carbonyl (C=O) groups is 1. The molecule has 0 fully saturated rings. The molecule has 0 saturated carbocycles. The van der Waals surface area contributed by atoms with Crippen LogP contribution >= 0.6 is 31.9 Å². The molecule has 1 aromatic rings. The van der Waals surface area contributed by atoms with Gasteiger partial charge in [-0.25, -0.2) is 4.79 Å². The van der Waals surface area contributed by atoms with Gasteiger partial charge < -0.3 is 9.47 Å². The van der Waals surface area contributed by atoms with Crippen molar-refractivity contribution in [1.29, 1.82) is 0 Å². The van der Waals surface area contributed by atoms with Gasteiger partial charge in [0.1, 0.15) is 11.4 Å². The molecule has 0 radical (unpaired) electrons. The predicted molar refractivity (Wildman–Crippen MR) is 83.0 cm³/mol. The van der Waals surface area contributed by atoms with E-state index in [0.717, 1.165) is 16.9 Å². The highest BCUT2D eigenvalue weighted by atomic mass is 79.9. The number of carbonyl (C=O) groups excluding carboxylic acids is 1. The second kappa shape index (κ2) is 5.83. The highest BCUT2D eigenvalue weighted by Crippen LogP contribution is 2.40. The molecule has 0 N–H and O–H groups in total. The molecule has 0 aliphatic carbocycles. The van der Waals surface area contributed by atoms with Crippen LogP contribution in [0.25, 0.3) is 0 Å². The van der Waals surface area contributed by atoms with Gasteiger partial charge in [-0.05, 0) is 66.5 Å². The molecule has 1 rings (SSSR count). The first-order valence-corrected chi connectivity index (χ1v) is 7.44. The molecule has 0 amide bonds. The van der Waals surface area contributed by atoms with Crippen LogP contribution in [-0.2, 0) is 4.74 Å². The SMILES string of the molecule is COc1c(C)c(Br)c(C(=O)OC(C)(C)C)c(Br)c1C. The Morgan fingerprint density at radius 3 is 1.79 bits per heavy atom. The molecule has 0 aromatic heterocycles. The van der Waals surface area contributed by atoms with Gasteiger partial charge in [-0.2, -0.15) is 0 Å². The normalized spacial score (nSPS) is 11.4. The first-order chi connectivity index (χ1) is 8.60. The van der Waals surface area contributed by atoms with Crippen molar-refractivity contribution >= 4 is 37.8 Å². The Kier molecular flexibility index (Phi) is 5.07. The molecule has 5 heteroatoms. The minimum atomic E-state index is -0.530. The molecule has 1 aromatic carbocycles. The van der Waals surface area contributed by atoms with E-state index in [-0.39, 0.29) is 5.97 Å². The van der Waals surface area contributed by atoms with Crippen LogP contribution in [0.3, 0.4) is 0 Å². The number of benzene rings is 1. The predicted octanol–water partition coefficient (Wildman–Crippen LogP) is 4.79. The van der Waals surface area contributed by atoms with Crippen molar-refractivity contribution in [2.75, 3.05) is 7.11 Å². The van der Waals surface area contributed by atoms with E-state index in [0.29, 0.717) is 14.5 Å². The van der Waals surface area contributed by atoms with Crippen molar-refractivity contribution in [3.8, 4) is 5.75 Å². The zero-order valence-electron chi connectivity index (χ0n) is 12.0. The minimum absolute atomic E-state index is 0.361. The smallest absolute Gasteiger partial charge is 0.340 e. The topological polar surface area (TPSA) is 35.5 Å². The third-order valence-electron chi connectivity index (χ3n) is 2.59. The van der Waals surface area contributed by atoms with Crippen LogP contribution in [0.1, 0.15) is 42.3 Å². The maximum atomic E-state index is 12.3. The fourth-order valence-electron chi connectivity index (χ4n) is 1.77. The molecule has 0 aliphatic heterocycles. The maximum Gasteiger partial charge on any atom is 0.340 e. The van der Waals surface area contributed by atoms with Crippen LogP contribution in [0.5, 0.6) is 5.75 Å². The molecule has 0 spiro atoms. The fraction of sp³-hybridized carbons (Fsp3) is 0.500. The van der Waals surface area contributed by atoms with Crippen LogP contribution < -0.4 is 4.74 Å². The lowest BCUT2D eigenvalue weighted by molar-refractivity contribution is 0.00671. The number of methoxy groups -OCH3 is 1. The van der Waals surface area contributed by atoms with Gasteiger partial charge in [-0.1, -0.05) is 0 Å². The van der Waals surface area contributed by atoms with Crippen molar-refractivity contribution in [3.05, 3.63) is 25.6 Å².